The molecule has 0 radical (unpaired) electrons. The van der Waals surface area contributed by atoms with Crippen LogP contribution in [0.2, 0.25) is 0 Å². The predicted molar refractivity (Wildman–Crippen MR) is 105 cm³/mol. The Morgan fingerprint density at radius 2 is 1.59 bits per heavy atom. The molecule has 2 aliphatic rings. The van der Waals surface area contributed by atoms with Crippen LogP contribution in [0.3, 0.4) is 0 Å². The van der Waals surface area contributed by atoms with E-state index >= 15 is 0 Å². The zero-order valence-corrected chi connectivity index (χ0v) is 15.7. The molecule has 0 aliphatic carbocycles. The number of piperidine rings is 1. The third-order valence-corrected chi connectivity index (χ3v) is 5.82. The van der Waals surface area contributed by atoms with Crippen LogP contribution in [-0.2, 0) is 6.54 Å². The van der Waals surface area contributed by atoms with Crippen molar-refractivity contribution in [3.05, 3.63) is 65.7 Å². The van der Waals surface area contributed by atoms with Crippen molar-refractivity contribution in [2.75, 3.05) is 44.2 Å². The minimum absolute atomic E-state index is 0.130. The summed E-state index contributed by atoms with van der Waals surface area (Å²) in [5, 5.41) is 0. The number of anilines is 1. The summed E-state index contributed by atoms with van der Waals surface area (Å²) in [5.41, 5.74) is 1.89. The van der Waals surface area contributed by atoms with E-state index < -0.39 is 0 Å². The van der Waals surface area contributed by atoms with Crippen LogP contribution in [0.5, 0.6) is 0 Å². The molecule has 0 saturated carbocycles. The van der Waals surface area contributed by atoms with Gasteiger partial charge >= 0.3 is 0 Å². The monoisotopic (exact) mass is 371 g/mol. The van der Waals surface area contributed by atoms with Crippen LogP contribution in [0.15, 0.2) is 48.5 Å². The Balaban J connectivity index is 1.31. The summed E-state index contributed by atoms with van der Waals surface area (Å²) in [6.45, 7) is 6.73. The van der Waals surface area contributed by atoms with Crippen LogP contribution in [0.4, 0.5) is 14.5 Å². The third kappa shape index (κ3) is 4.47. The largest absolute Gasteiger partial charge is 0.367 e. The van der Waals surface area contributed by atoms with Crippen LogP contribution < -0.4 is 4.90 Å². The summed E-state index contributed by atoms with van der Waals surface area (Å²) < 4.78 is 27.1. The molecule has 5 heteroatoms. The molecule has 1 atom stereocenters. The molecule has 27 heavy (non-hydrogen) atoms. The number of likely N-dealkylation sites (tertiary alicyclic amines) is 1. The average Bonchev–Trinajstić information content (AvgIpc) is 2.71. The standard InChI is InChI=1S/C22H27F2N3/c23-19-9-7-18(8-10-19)16-25-11-3-4-20(17-25)26-12-14-27(15-13-26)22-6-2-1-5-21(22)24/h1-2,5-10,20H,3-4,11-17H2. The summed E-state index contributed by atoms with van der Waals surface area (Å²) in [7, 11) is 0. The van der Waals surface area contributed by atoms with Gasteiger partial charge in [0, 0.05) is 45.3 Å². The molecule has 0 amide bonds. The fourth-order valence-corrected chi connectivity index (χ4v) is 4.36. The highest BCUT2D eigenvalue weighted by molar-refractivity contribution is 5.48. The summed E-state index contributed by atoms with van der Waals surface area (Å²) in [4.78, 5) is 7.20. The molecule has 1 unspecified atom stereocenters. The first kappa shape index (κ1) is 18.4. The van der Waals surface area contributed by atoms with E-state index in [1.165, 1.54) is 24.5 Å². The van der Waals surface area contributed by atoms with E-state index in [1.54, 1.807) is 18.2 Å². The van der Waals surface area contributed by atoms with Crippen molar-refractivity contribution >= 4 is 5.69 Å². The zero-order valence-electron chi connectivity index (χ0n) is 15.7. The molecular formula is C22H27F2N3. The van der Waals surface area contributed by atoms with Crippen LogP contribution in [-0.4, -0.2) is 55.1 Å². The normalized spacial score (nSPS) is 22.1. The first-order valence-electron chi connectivity index (χ1n) is 9.89. The van der Waals surface area contributed by atoms with Crippen molar-refractivity contribution in [2.45, 2.75) is 25.4 Å². The molecule has 3 nitrogen and oxygen atoms in total. The lowest BCUT2D eigenvalue weighted by Crippen LogP contribution is -2.55. The Hall–Kier alpha value is -1.98. The number of hydrogen-bond donors (Lipinski definition) is 0. The van der Waals surface area contributed by atoms with Gasteiger partial charge in [0.1, 0.15) is 11.6 Å². The fraction of sp³-hybridized carbons (Fsp3) is 0.455. The molecule has 2 aromatic rings. The van der Waals surface area contributed by atoms with Gasteiger partial charge in [0.15, 0.2) is 0 Å². The van der Waals surface area contributed by atoms with Crippen LogP contribution in [0.1, 0.15) is 18.4 Å². The van der Waals surface area contributed by atoms with Gasteiger partial charge in [-0.15, -0.1) is 0 Å². The molecule has 0 bridgehead atoms. The SMILES string of the molecule is Fc1ccc(CN2CCCC(N3CCN(c4ccccc4F)CC3)C2)cc1. The average molecular weight is 371 g/mol. The number of hydrogen-bond acceptors (Lipinski definition) is 3. The molecule has 2 aliphatic heterocycles. The topological polar surface area (TPSA) is 9.72 Å². The first-order valence-corrected chi connectivity index (χ1v) is 9.89. The van der Waals surface area contributed by atoms with Crippen LogP contribution >= 0.6 is 0 Å². The van der Waals surface area contributed by atoms with Crippen molar-refractivity contribution in [1.29, 1.82) is 0 Å². The zero-order chi connectivity index (χ0) is 18.6. The third-order valence-electron chi connectivity index (χ3n) is 5.82. The molecule has 144 valence electrons. The Kier molecular flexibility index (Phi) is 5.69. The van der Waals surface area contributed by atoms with Gasteiger partial charge in [-0.2, -0.15) is 0 Å². The van der Waals surface area contributed by atoms with E-state index in [9.17, 15) is 8.78 Å². The second kappa shape index (κ2) is 8.36. The quantitative estimate of drug-likeness (QED) is 0.810. The van der Waals surface area contributed by atoms with E-state index in [1.807, 2.05) is 24.3 Å². The Morgan fingerprint density at radius 1 is 0.852 bits per heavy atom. The van der Waals surface area contributed by atoms with Crippen molar-refractivity contribution < 1.29 is 8.78 Å². The van der Waals surface area contributed by atoms with Gasteiger partial charge in [-0.1, -0.05) is 24.3 Å². The van der Waals surface area contributed by atoms with Crippen molar-refractivity contribution in [3.8, 4) is 0 Å². The predicted octanol–water partition coefficient (Wildman–Crippen LogP) is 3.75. The molecule has 2 saturated heterocycles. The van der Waals surface area contributed by atoms with E-state index in [2.05, 4.69) is 14.7 Å². The smallest absolute Gasteiger partial charge is 0.146 e. The van der Waals surface area contributed by atoms with Crippen LogP contribution in [0.25, 0.3) is 0 Å². The number of nitrogens with zero attached hydrogens (tertiary/aromatic N) is 3. The highest BCUT2D eigenvalue weighted by atomic mass is 19.1. The maximum Gasteiger partial charge on any atom is 0.146 e. The summed E-state index contributed by atoms with van der Waals surface area (Å²) >= 11 is 0. The second-order valence-corrected chi connectivity index (χ2v) is 7.63. The van der Waals surface area contributed by atoms with E-state index in [-0.39, 0.29) is 11.6 Å². The number of para-hydroxylation sites is 1. The maximum absolute atomic E-state index is 14.0. The molecule has 0 aromatic heterocycles. The molecule has 2 heterocycles. The number of halogens is 2. The fourth-order valence-electron chi connectivity index (χ4n) is 4.36. The Morgan fingerprint density at radius 3 is 2.33 bits per heavy atom. The maximum atomic E-state index is 14.0. The van der Waals surface area contributed by atoms with Gasteiger partial charge in [0.2, 0.25) is 0 Å². The number of piperazine rings is 1. The summed E-state index contributed by atoms with van der Waals surface area (Å²) in [6, 6.07) is 14.5. The molecular weight excluding hydrogens is 344 g/mol. The lowest BCUT2D eigenvalue weighted by Gasteiger charge is -2.44. The van der Waals surface area contributed by atoms with E-state index in [0.29, 0.717) is 6.04 Å². The molecule has 2 aromatic carbocycles. The van der Waals surface area contributed by atoms with Gasteiger partial charge in [-0.25, -0.2) is 8.78 Å². The Bertz CT molecular complexity index is 741. The van der Waals surface area contributed by atoms with Crippen molar-refractivity contribution in [3.63, 3.8) is 0 Å². The van der Waals surface area contributed by atoms with Crippen LogP contribution in [0, 0.1) is 11.6 Å². The minimum atomic E-state index is -0.178. The minimum Gasteiger partial charge on any atom is -0.367 e. The molecule has 0 N–H and O–H groups in total. The lowest BCUT2D eigenvalue weighted by molar-refractivity contribution is 0.0886. The van der Waals surface area contributed by atoms with E-state index in [0.717, 1.165) is 51.5 Å². The molecule has 2 fully saturated rings. The van der Waals surface area contributed by atoms with Gasteiger partial charge in [-0.3, -0.25) is 9.80 Å². The summed E-state index contributed by atoms with van der Waals surface area (Å²) in [6.07, 6.45) is 2.42. The van der Waals surface area contributed by atoms with Gasteiger partial charge < -0.3 is 4.90 Å². The second-order valence-electron chi connectivity index (χ2n) is 7.63. The van der Waals surface area contributed by atoms with Gasteiger partial charge in [0.05, 0.1) is 5.69 Å². The van der Waals surface area contributed by atoms with Crippen molar-refractivity contribution in [1.82, 2.24) is 9.80 Å². The Labute approximate surface area is 160 Å². The lowest BCUT2D eigenvalue weighted by atomic mass is 10.0. The number of benzene rings is 2. The molecule has 4 rings (SSSR count). The highest BCUT2D eigenvalue weighted by Gasteiger charge is 2.28. The summed E-state index contributed by atoms with van der Waals surface area (Å²) in [5.74, 6) is -0.308. The van der Waals surface area contributed by atoms with Crippen molar-refractivity contribution in [2.24, 2.45) is 0 Å². The number of rotatable bonds is 4. The first-order chi connectivity index (χ1) is 13.2. The molecule has 0 spiro atoms. The van der Waals surface area contributed by atoms with Gasteiger partial charge in [0.25, 0.3) is 0 Å². The van der Waals surface area contributed by atoms with E-state index in [4.69, 9.17) is 0 Å². The van der Waals surface area contributed by atoms with Gasteiger partial charge in [-0.05, 0) is 49.2 Å². The highest BCUT2D eigenvalue weighted by Crippen LogP contribution is 2.23.